The predicted octanol–water partition coefficient (Wildman–Crippen LogP) is -1.02. The first-order valence-corrected chi connectivity index (χ1v) is 3.88. The molecule has 1 fully saturated rings. The zero-order chi connectivity index (χ0) is 9.47. The van der Waals surface area contributed by atoms with Gasteiger partial charge in [0.25, 0.3) is 0 Å². The van der Waals surface area contributed by atoms with E-state index in [1.165, 1.54) is 0 Å². The average molecular weight is 187 g/mol. The zero-order valence-corrected chi connectivity index (χ0v) is 6.77. The lowest BCUT2D eigenvalue weighted by molar-refractivity contribution is -0.231. The van der Waals surface area contributed by atoms with Crippen LogP contribution in [-0.2, 0) is 14.4 Å². The maximum absolute atomic E-state index is 10.5. The van der Waals surface area contributed by atoms with Gasteiger partial charge in [-0.1, -0.05) is 5.16 Å². The van der Waals surface area contributed by atoms with E-state index in [1.54, 1.807) is 0 Å². The Balaban J connectivity index is 1.98. The van der Waals surface area contributed by atoms with Gasteiger partial charge in [-0.15, -0.1) is 0 Å². The van der Waals surface area contributed by atoms with Crippen LogP contribution in [0.15, 0.2) is 5.16 Å². The molecule has 2 aliphatic rings. The SMILES string of the molecule is O=C(O)C1=NOC(C2(O)COC2)C1. The lowest BCUT2D eigenvalue weighted by Gasteiger charge is -2.39. The van der Waals surface area contributed by atoms with E-state index in [0.29, 0.717) is 0 Å². The lowest BCUT2D eigenvalue weighted by atomic mass is 9.91. The summed E-state index contributed by atoms with van der Waals surface area (Å²) in [4.78, 5) is 15.3. The van der Waals surface area contributed by atoms with Crippen molar-refractivity contribution in [1.29, 1.82) is 0 Å². The maximum atomic E-state index is 10.5. The van der Waals surface area contributed by atoms with Crippen molar-refractivity contribution in [3.8, 4) is 0 Å². The second-order valence-corrected chi connectivity index (χ2v) is 3.24. The number of carboxylic acid groups (broad SMARTS) is 1. The summed E-state index contributed by atoms with van der Waals surface area (Å²) in [5, 5.41) is 21.6. The van der Waals surface area contributed by atoms with Crippen LogP contribution in [0.1, 0.15) is 6.42 Å². The van der Waals surface area contributed by atoms with Crippen molar-refractivity contribution < 1.29 is 24.6 Å². The highest BCUT2D eigenvalue weighted by molar-refractivity contribution is 6.35. The molecule has 0 radical (unpaired) electrons. The van der Waals surface area contributed by atoms with E-state index in [2.05, 4.69) is 5.16 Å². The molecule has 0 aromatic heterocycles. The molecule has 72 valence electrons. The molecule has 1 saturated heterocycles. The molecule has 0 aromatic rings. The van der Waals surface area contributed by atoms with E-state index >= 15 is 0 Å². The summed E-state index contributed by atoms with van der Waals surface area (Å²) in [6.07, 6.45) is -0.442. The standard InChI is InChI=1S/C7H9NO5/c9-6(10)4-1-5(13-8-4)7(11)2-12-3-7/h5,11H,1-3H2,(H,9,10). The molecule has 2 aliphatic heterocycles. The summed E-state index contributed by atoms with van der Waals surface area (Å²) >= 11 is 0. The van der Waals surface area contributed by atoms with E-state index < -0.39 is 17.7 Å². The van der Waals surface area contributed by atoms with Crippen molar-refractivity contribution in [2.75, 3.05) is 13.2 Å². The summed E-state index contributed by atoms with van der Waals surface area (Å²) in [5.74, 6) is -1.11. The fraction of sp³-hybridized carbons (Fsp3) is 0.714. The smallest absolute Gasteiger partial charge is 0.353 e. The van der Waals surface area contributed by atoms with Gasteiger partial charge in [0.15, 0.2) is 17.4 Å². The molecule has 2 heterocycles. The number of carboxylic acids is 1. The number of carbonyl (C=O) groups is 1. The Morgan fingerprint density at radius 1 is 1.62 bits per heavy atom. The lowest BCUT2D eigenvalue weighted by Crippen LogP contribution is -2.58. The van der Waals surface area contributed by atoms with Crippen LogP contribution < -0.4 is 0 Å². The normalized spacial score (nSPS) is 30.2. The topological polar surface area (TPSA) is 88.4 Å². The molecule has 13 heavy (non-hydrogen) atoms. The molecular weight excluding hydrogens is 178 g/mol. The van der Waals surface area contributed by atoms with Gasteiger partial charge in [-0.25, -0.2) is 4.79 Å². The van der Waals surface area contributed by atoms with Gasteiger partial charge in [0.2, 0.25) is 0 Å². The minimum atomic E-state index is -1.11. The predicted molar refractivity (Wildman–Crippen MR) is 40.3 cm³/mol. The van der Waals surface area contributed by atoms with E-state index in [1.807, 2.05) is 0 Å². The van der Waals surface area contributed by atoms with Crippen LogP contribution in [0, 0.1) is 0 Å². The molecule has 0 aromatic carbocycles. The Bertz CT molecular complexity index is 270. The van der Waals surface area contributed by atoms with Gasteiger partial charge in [-0.2, -0.15) is 0 Å². The molecule has 0 aliphatic carbocycles. The number of hydrogen-bond acceptors (Lipinski definition) is 5. The van der Waals surface area contributed by atoms with Crippen molar-refractivity contribution in [2.24, 2.45) is 5.16 Å². The summed E-state index contributed by atoms with van der Waals surface area (Å²) in [6.45, 7) is 0.361. The fourth-order valence-electron chi connectivity index (χ4n) is 1.29. The van der Waals surface area contributed by atoms with Crippen LogP contribution in [0.3, 0.4) is 0 Å². The monoisotopic (exact) mass is 187 g/mol. The Morgan fingerprint density at radius 2 is 2.31 bits per heavy atom. The molecule has 1 atom stereocenters. The molecule has 0 bridgehead atoms. The number of hydrogen-bond donors (Lipinski definition) is 2. The third kappa shape index (κ3) is 1.27. The Labute approximate surface area is 73.7 Å². The maximum Gasteiger partial charge on any atom is 0.353 e. The Kier molecular flexibility index (Phi) is 1.74. The second-order valence-electron chi connectivity index (χ2n) is 3.24. The van der Waals surface area contributed by atoms with Gasteiger partial charge in [0.05, 0.1) is 13.2 Å². The highest BCUT2D eigenvalue weighted by atomic mass is 16.7. The molecule has 2 N–H and O–H groups in total. The van der Waals surface area contributed by atoms with Crippen LogP contribution in [0.2, 0.25) is 0 Å². The molecule has 0 saturated carbocycles. The third-order valence-corrected chi connectivity index (χ3v) is 2.22. The van der Waals surface area contributed by atoms with E-state index in [-0.39, 0.29) is 25.3 Å². The first-order chi connectivity index (χ1) is 6.12. The van der Waals surface area contributed by atoms with Gasteiger partial charge >= 0.3 is 5.97 Å². The summed E-state index contributed by atoms with van der Waals surface area (Å²) in [5.41, 5.74) is -1.11. The summed E-state index contributed by atoms with van der Waals surface area (Å²) in [6, 6.07) is 0. The number of aliphatic hydroxyl groups is 1. The molecule has 2 rings (SSSR count). The molecule has 0 spiro atoms. The fourth-order valence-corrected chi connectivity index (χ4v) is 1.29. The molecular formula is C7H9NO5. The zero-order valence-electron chi connectivity index (χ0n) is 6.77. The Morgan fingerprint density at radius 3 is 2.69 bits per heavy atom. The molecule has 1 unspecified atom stereocenters. The first kappa shape index (κ1) is 8.46. The number of rotatable bonds is 2. The molecule has 0 amide bonds. The van der Waals surface area contributed by atoms with Crippen molar-refractivity contribution >= 4 is 11.7 Å². The van der Waals surface area contributed by atoms with Crippen molar-refractivity contribution in [2.45, 2.75) is 18.1 Å². The minimum Gasteiger partial charge on any atom is -0.477 e. The molecule has 6 nitrogen and oxygen atoms in total. The van der Waals surface area contributed by atoms with Crippen LogP contribution in [-0.4, -0.2) is 46.8 Å². The highest BCUT2D eigenvalue weighted by Crippen LogP contribution is 2.29. The van der Waals surface area contributed by atoms with E-state index in [9.17, 15) is 9.90 Å². The van der Waals surface area contributed by atoms with E-state index in [4.69, 9.17) is 14.7 Å². The number of nitrogens with zero attached hydrogens (tertiary/aromatic N) is 1. The summed E-state index contributed by atoms with van der Waals surface area (Å²) < 4.78 is 4.82. The van der Waals surface area contributed by atoms with Crippen LogP contribution in [0.5, 0.6) is 0 Å². The quantitative estimate of drug-likeness (QED) is 0.577. The van der Waals surface area contributed by atoms with Crippen molar-refractivity contribution in [1.82, 2.24) is 0 Å². The van der Waals surface area contributed by atoms with Crippen LogP contribution in [0.25, 0.3) is 0 Å². The third-order valence-electron chi connectivity index (χ3n) is 2.22. The number of oxime groups is 1. The van der Waals surface area contributed by atoms with Gasteiger partial charge in [0, 0.05) is 6.42 Å². The van der Waals surface area contributed by atoms with Crippen molar-refractivity contribution in [3.63, 3.8) is 0 Å². The van der Waals surface area contributed by atoms with Gasteiger partial charge in [0.1, 0.15) is 0 Å². The van der Waals surface area contributed by atoms with Gasteiger partial charge in [-0.05, 0) is 0 Å². The van der Waals surface area contributed by atoms with Crippen molar-refractivity contribution in [3.05, 3.63) is 0 Å². The average Bonchev–Trinajstić information content (AvgIpc) is 2.48. The minimum absolute atomic E-state index is 0.0506. The van der Waals surface area contributed by atoms with E-state index in [0.717, 1.165) is 0 Å². The largest absolute Gasteiger partial charge is 0.477 e. The Hall–Kier alpha value is -1.14. The number of aliphatic carboxylic acids is 1. The van der Waals surface area contributed by atoms with Crippen LogP contribution >= 0.6 is 0 Å². The van der Waals surface area contributed by atoms with Gasteiger partial charge < -0.3 is 19.8 Å². The second kappa shape index (κ2) is 2.68. The first-order valence-electron chi connectivity index (χ1n) is 3.88. The highest BCUT2D eigenvalue weighted by Gasteiger charge is 2.49. The van der Waals surface area contributed by atoms with Crippen LogP contribution in [0.4, 0.5) is 0 Å². The summed E-state index contributed by atoms with van der Waals surface area (Å²) in [7, 11) is 0. The van der Waals surface area contributed by atoms with Gasteiger partial charge in [-0.3, -0.25) is 0 Å². The molecule has 6 heteroatoms. The number of ether oxygens (including phenoxy) is 1.